The van der Waals surface area contributed by atoms with Crippen molar-refractivity contribution < 1.29 is 24.3 Å². The van der Waals surface area contributed by atoms with Gasteiger partial charge in [0.15, 0.2) is 11.6 Å². The third-order valence-electron chi connectivity index (χ3n) is 9.15. The molecule has 0 radical (unpaired) electrons. The topological polar surface area (TPSA) is 91.8 Å². The predicted molar refractivity (Wildman–Crippen MR) is 141 cm³/mol. The maximum atomic E-state index is 13.9. The SMILES string of the molecule is Cc1cc(C2C3=CCC4C(=O)N(C5CCCCC5)C(=O)C4C3CC3=C2C(=O)C=C(Br)C3=O)cc(C)c1O. The number of rotatable bonds is 2. The molecule has 1 saturated heterocycles. The number of hydrogen-bond donors (Lipinski definition) is 1. The number of aryl methyl sites for hydroxylation is 2. The summed E-state index contributed by atoms with van der Waals surface area (Å²) in [6.07, 6.45) is 9.04. The highest BCUT2D eigenvalue weighted by Gasteiger charge is 2.57. The normalized spacial score (nSPS) is 30.2. The van der Waals surface area contributed by atoms with Gasteiger partial charge in [-0.15, -0.1) is 0 Å². The zero-order valence-corrected chi connectivity index (χ0v) is 22.6. The van der Waals surface area contributed by atoms with E-state index in [2.05, 4.69) is 22.0 Å². The molecule has 1 aromatic rings. The first-order valence-corrected chi connectivity index (χ1v) is 14.0. The van der Waals surface area contributed by atoms with Crippen molar-refractivity contribution in [1.82, 2.24) is 4.90 Å². The van der Waals surface area contributed by atoms with Crippen molar-refractivity contribution in [2.45, 2.75) is 70.8 Å². The standard InChI is InChI=1S/C30H30BrNO5/c1-14-10-16(11-15(2)27(14)34)24-18-8-9-19-25(30(37)32(29(19)36)17-6-4-3-5-7-17)20(18)12-21-26(24)23(33)13-22(31)28(21)35/h8,10-11,13,17,19-20,24-25,34H,3-7,9,12H2,1-2H3. The lowest BCUT2D eigenvalue weighted by Crippen LogP contribution is -2.43. The molecule has 1 aliphatic heterocycles. The average Bonchev–Trinajstić information content (AvgIpc) is 3.14. The third kappa shape index (κ3) is 3.64. The first-order valence-electron chi connectivity index (χ1n) is 13.2. The molecule has 4 atom stereocenters. The van der Waals surface area contributed by atoms with Crippen molar-refractivity contribution >= 4 is 39.3 Å². The summed E-state index contributed by atoms with van der Waals surface area (Å²) in [4.78, 5) is 55.7. The molecular formula is C30H30BrNO5. The number of hydrogen-bond acceptors (Lipinski definition) is 5. The quantitative estimate of drug-likeness (QED) is 0.307. The molecular weight excluding hydrogens is 534 g/mol. The van der Waals surface area contributed by atoms with Gasteiger partial charge in [-0.2, -0.15) is 0 Å². The molecule has 7 heteroatoms. The van der Waals surface area contributed by atoms with E-state index in [1.165, 1.54) is 6.08 Å². The van der Waals surface area contributed by atoms with Crippen molar-refractivity contribution in [3.8, 4) is 5.75 Å². The number of carbonyl (C=O) groups is 4. The Morgan fingerprint density at radius 2 is 1.62 bits per heavy atom. The summed E-state index contributed by atoms with van der Waals surface area (Å²) < 4.78 is 0.227. The van der Waals surface area contributed by atoms with Crippen LogP contribution < -0.4 is 0 Å². The third-order valence-corrected chi connectivity index (χ3v) is 9.74. The fraction of sp³-hybridized carbons (Fsp3) is 0.467. The van der Waals surface area contributed by atoms with Gasteiger partial charge in [0.05, 0.1) is 16.3 Å². The number of phenols is 1. The maximum Gasteiger partial charge on any atom is 0.233 e. The van der Waals surface area contributed by atoms with Gasteiger partial charge in [-0.05, 0) is 78.1 Å². The molecule has 4 unspecified atom stereocenters. The minimum Gasteiger partial charge on any atom is -0.507 e. The van der Waals surface area contributed by atoms with Crippen LogP contribution in [0.5, 0.6) is 5.75 Å². The van der Waals surface area contributed by atoms with Crippen molar-refractivity contribution in [2.24, 2.45) is 17.8 Å². The second-order valence-electron chi connectivity index (χ2n) is 11.2. The Morgan fingerprint density at radius 3 is 2.30 bits per heavy atom. The van der Waals surface area contributed by atoms with E-state index in [1.54, 1.807) is 4.90 Å². The van der Waals surface area contributed by atoms with Crippen LogP contribution in [0.15, 0.2) is 45.5 Å². The number of fused-ring (bicyclic) bond motifs is 3. The van der Waals surface area contributed by atoms with Gasteiger partial charge in [-0.1, -0.05) is 43.0 Å². The van der Waals surface area contributed by atoms with E-state index in [9.17, 15) is 24.3 Å². The second kappa shape index (κ2) is 8.90. The Balaban J connectivity index is 1.48. The number of likely N-dealkylation sites (tertiary alicyclic amines) is 1. The molecule has 0 aromatic heterocycles. The van der Waals surface area contributed by atoms with Crippen molar-refractivity contribution in [1.29, 1.82) is 0 Å². The smallest absolute Gasteiger partial charge is 0.233 e. The number of imide groups is 1. The Bertz CT molecular complexity index is 1340. The van der Waals surface area contributed by atoms with Crippen LogP contribution in [0.1, 0.15) is 67.6 Å². The number of halogens is 1. The lowest BCUT2D eigenvalue weighted by molar-refractivity contribution is -0.143. The van der Waals surface area contributed by atoms with Crippen molar-refractivity contribution in [2.75, 3.05) is 0 Å². The molecule has 1 saturated carbocycles. The van der Waals surface area contributed by atoms with E-state index in [4.69, 9.17) is 0 Å². The Hall–Kier alpha value is -2.80. The van der Waals surface area contributed by atoms with Crippen LogP contribution in [-0.4, -0.2) is 39.4 Å². The number of amides is 2. The van der Waals surface area contributed by atoms with E-state index >= 15 is 0 Å². The number of carbonyl (C=O) groups excluding carboxylic acids is 4. The second-order valence-corrected chi connectivity index (χ2v) is 12.1. The van der Waals surface area contributed by atoms with Gasteiger partial charge in [0.2, 0.25) is 11.8 Å². The number of allylic oxidation sites excluding steroid dienone is 6. The molecule has 6 rings (SSSR count). The van der Waals surface area contributed by atoms with Gasteiger partial charge in [-0.3, -0.25) is 24.1 Å². The summed E-state index contributed by atoms with van der Waals surface area (Å²) in [5.41, 5.74) is 4.05. The van der Waals surface area contributed by atoms with Gasteiger partial charge in [0.25, 0.3) is 0 Å². The number of ketones is 2. The molecule has 1 heterocycles. The summed E-state index contributed by atoms with van der Waals surface area (Å²) >= 11 is 3.27. The largest absolute Gasteiger partial charge is 0.507 e. The number of phenolic OH excluding ortho intramolecular Hbond substituents is 1. The molecule has 1 aromatic carbocycles. The molecule has 0 spiro atoms. The van der Waals surface area contributed by atoms with Gasteiger partial charge >= 0.3 is 0 Å². The monoisotopic (exact) mass is 563 g/mol. The zero-order valence-electron chi connectivity index (χ0n) is 21.1. The lowest BCUT2D eigenvalue weighted by Gasteiger charge is -2.42. The van der Waals surface area contributed by atoms with Gasteiger partial charge in [0, 0.05) is 29.2 Å². The molecule has 6 nitrogen and oxygen atoms in total. The minimum atomic E-state index is -0.516. The Labute approximate surface area is 224 Å². The summed E-state index contributed by atoms with van der Waals surface area (Å²) in [6.45, 7) is 3.64. The summed E-state index contributed by atoms with van der Waals surface area (Å²) in [5, 5.41) is 10.4. The molecule has 2 amide bonds. The van der Waals surface area contributed by atoms with Crippen LogP contribution in [0.25, 0.3) is 0 Å². The minimum absolute atomic E-state index is 0.0330. The fourth-order valence-corrected chi connectivity index (χ4v) is 7.91. The molecule has 1 N–H and O–H groups in total. The molecule has 2 fully saturated rings. The highest BCUT2D eigenvalue weighted by molar-refractivity contribution is 9.12. The van der Waals surface area contributed by atoms with Crippen LogP contribution in [-0.2, 0) is 19.2 Å². The highest BCUT2D eigenvalue weighted by Crippen LogP contribution is 2.56. The van der Waals surface area contributed by atoms with Crippen LogP contribution in [0, 0.1) is 31.6 Å². The number of nitrogens with zero attached hydrogens (tertiary/aromatic N) is 1. The summed E-state index contributed by atoms with van der Waals surface area (Å²) in [7, 11) is 0. The van der Waals surface area contributed by atoms with Crippen LogP contribution in [0.3, 0.4) is 0 Å². The molecule has 4 aliphatic carbocycles. The predicted octanol–water partition coefficient (Wildman–Crippen LogP) is 5.10. The molecule has 37 heavy (non-hydrogen) atoms. The lowest BCUT2D eigenvalue weighted by atomic mass is 9.59. The van der Waals surface area contributed by atoms with E-state index in [0.29, 0.717) is 28.7 Å². The summed E-state index contributed by atoms with van der Waals surface area (Å²) in [5.74, 6) is -2.16. The first kappa shape index (κ1) is 24.5. The van der Waals surface area contributed by atoms with Gasteiger partial charge in [-0.25, -0.2) is 0 Å². The van der Waals surface area contributed by atoms with Gasteiger partial charge < -0.3 is 5.11 Å². The van der Waals surface area contributed by atoms with Crippen LogP contribution >= 0.6 is 15.9 Å². The molecule has 192 valence electrons. The van der Waals surface area contributed by atoms with Crippen LogP contribution in [0.2, 0.25) is 0 Å². The highest BCUT2D eigenvalue weighted by atomic mass is 79.9. The van der Waals surface area contributed by atoms with E-state index in [-0.39, 0.29) is 52.0 Å². The first-order chi connectivity index (χ1) is 17.7. The van der Waals surface area contributed by atoms with Gasteiger partial charge in [0.1, 0.15) is 5.75 Å². The van der Waals surface area contributed by atoms with Crippen LogP contribution in [0.4, 0.5) is 0 Å². The van der Waals surface area contributed by atoms with Crippen molar-refractivity contribution in [3.63, 3.8) is 0 Å². The molecule has 5 aliphatic rings. The Morgan fingerprint density at radius 1 is 0.946 bits per heavy atom. The summed E-state index contributed by atoms with van der Waals surface area (Å²) in [6, 6.07) is 3.71. The van der Waals surface area contributed by atoms with E-state index in [0.717, 1.165) is 43.2 Å². The fourth-order valence-electron chi connectivity index (χ4n) is 7.47. The van der Waals surface area contributed by atoms with Crippen molar-refractivity contribution in [3.05, 3.63) is 62.2 Å². The number of Topliss-reactive ketones (excluding diaryl/α,β-unsaturated/α-hetero) is 1. The molecule has 0 bridgehead atoms. The zero-order chi connectivity index (χ0) is 26.2. The van der Waals surface area contributed by atoms with E-state index in [1.807, 2.05) is 26.0 Å². The number of aromatic hydroxyl groups is 1. The Kier molecular flexibility index (Phi) is 5.90. The average molecular weight is 564 g/mol. The van der Waals surface area contributed by atoms with E-state index < -0.39 is 17.8 Å². The number of benzene rings is 1. The maximum absolute atomic E-state index is 13.9.